The second-order valence-electron chi connectivity index (χ2n) is 8.63. The number of benzene rings is 1. The molecule has 5 heteroatoms. The average molecular weight is 355 g/mol. The van der Waals surface area contributed by atoms with Crippen LogP contribution in [0.4, 0.5) is 0 Å². The normalized spacial score (nSPS) is 35.6. The fourth-order valence-electron chi connectivity index (χ4n) is 5.29. The van der Waals surface area contributed by atoms with Crippen molar-refractivity contribution in [3.05, 3.63) is 29.8 Å². The second kappa shape index (κ2) is 5.03. The van der Waals surface area contributed by atoms with Crippen molar-refractivity contribution in [1.82, 2.24) is 4.90 Å². The van der Waals surface area contributed by atoms with Crippen molar-refractivity contribution in [2.45, 2.75) is 56.1 Å². The van der Waals surface area contributed by atoms with Gasteiger partial charge in [-0.3, -0.25) is 4.79 Å². The molecule has 2 fully saturated rings. The summed E-state index contributed by atoms with van der Waals surface area (Å²) in [4.78, 5) is 15.0. The Balaban J connectivity index is 1.73. The molecule has 1 aromatic rings. The highest BCUT2D eigenvalue weighted by Crippen LogP contribution is 2.61. The molecular formula is C21H25NO4. The van der Waals surface area contributed by atoms with Crippen molar-refractivity contribution < 1.29 is 19.7 Å². The first-order valence-corrected chi connectivity index (χ1v) is 9.57. The van der Waals surface area contributed by atoms with Crippen molar-refractivity contribution in [2.24, 2.45) is 5.92 Å². The average Bonchev–Trinajstić information content (AvgIpc) is 3.35. The minimum absolute atomic E-state index is 0.0133. The van der Waals surface area contributed by atoms with Crippen LogP contribution in [0.1, 0.15) is 50.2 Å². The lowest BCUT2D eigenvalue weighted by Gasteiger charge is -2.48. The van der Waals surface area contributed by atoms with E-state index in [2.05, 4.69) is 11.5 Å². The van der Waals surface area contributed by atoms with Crippen LogP contribution >= 0.6 is 0 Å². The maximum absolute atomic E-state index is 12.8. The number of nitrogens with zero attached hydrogens (tertiary/aromatic N) is 1. The predicted molar refractivity (Wildman–Crippen MR) is 97.0 cm³/mol. The highest BCUT2D eigenvalue weighted by molar-refractivity contribution is 5.90. The first-order chi connectivity index (χ1) is 12.3. The van der Waals surface area contributed by atoms with E-state index in [1.54, 1.807) is 6.07 Å². The molecule has 0 bridgehead atoms. The van der Waals surface area contributed by atoms with E-state index in [9.17, 15) is 15.0 Å². The molecule has 2 N–H and O–H groups in total. The molecule has 4 aliphatic rings. The lowest BCUT2D eigenvalue weighted by molar-refractivity contribution is -0.147. The van der Waals surface area contributed by atoms with Gasteiger partial charge >= 0.3 is 0 Å². The number of Topliss-reactive ketones (excluding diaryl/α,β-unsaturated/α-hetero) is 1. The van der Waals surface area contributed by atoms with Crippen molar-refractivity contribution in [2.75, 3.05) is 13.1 Å². The van der Waals surface area contributed by atoms with Gasteiger partial charge in [0.15, 0.2) is 23.4 Å². The fraction of sp³-hybridized carbons (Fsp3) is 0.571. The van der Waals surface area contributed by atoms with Gasteiger partial charge in [0.1, 0.15) is 0 Å². The van der Waals surface area contributed by atoms with Crippen LogP contribution in [-0.2, 0) is 10.2 Å². The zero-order chi connectivity index (χ0) is 18.3. The highest BCUT2D eigenvalue weighted by Gasteiger charge is 2.66. The molecule has 2 aliphatic heterocycles. The first-order valence-electron chi connectivity index (χ1n) is 9.57. The highest BCUT2D eigenvalue weighted by atomic mass is 16.5. The Hall–Kier alpha value is -2.01. The number of hydrogen-bond donors (Lipinski definition) is 2. The summed E-state index contributed by atoms with van der Waals surface area (Å²) >= 11 is 0. The largest absolute Gasteiger partial charge is 0.504 e. The number of rotatable bonds is 2. The SMILES string of the molecule is C=C1c2ccc(O)c3c2[C@@]2(CCN1CC1CC1)[C@@H](O3)C(=O)CC[C@]2(C)O. The summed E-state index contributed by atoms with van der Waals surface area (Å²) in [6.45, 7) is 7.85. The van der Waals surface area contributed by atoms with Gasteiger partial charge in [0.2, 0.25) is 0 Å². The Kier molecular flexibility index (Phi) is 3.13. The van der Waals surface area contributed by atoms with Crippen LogP contribution in [0.5, 0.6) is 11.5 Å². The second-order valence-corrected chi connectivity index (χ2v) is 8.63. The predicted octanol–water partition coefficient (Wildman–Crippen LogP) is 2.59. The minimum atomic E-state index is -1.07. The smallest absolute Gasteiger partial charge is 0.174 e. The first kappa shape index (κ1) is 16.2. The molecular weight excluding hydrogens is 330 g/mol. The molecule has 5 rings (SSSR count). The van der Waals surface area contributed by atoms with Gasteiger partial charge in [-0.25, -0.2) is 0 Å². The van der Waals surface area contributed by atoms with E-state index in [4.69, 9.17) is 4.74 Å². The number of ketones is 1. The maximum Gasteiger partial charge on any atom is 0.174 e. The number of aliphatic hydroxyl groups is 1. The molecule has 26 heavy (non-hydrogen) atoms. The zero-order valence-electron chi connectivity index (χ0n) is 15.1. The Bertz CT molecular complexity index is 826. The Morgan fingerprint density at radius 1 is 1.35 bits per heavy atom. The molecule has 2 aliphatic carbocycles. The third-order valence-electron chi connectivity index (χ3n) is 7.02. The summed E-state index contributed by atoms with van der Waals surface area (Å²) in [5.41, 5.74) is 0.683. The standard InChI is InChI=1S/C21H25NO4/c1-12-14-5-6-15(23)18-17(14)21(9-10-22(12)11-13-3-4-13)19(26-18)16(24)7-8-20(21,2)25/h5-6,13,19,23,25H,1,3-4,7-11H2,2H3/t19-,20-,21-/m0/s1. The summed E-state index contributed by atoms with van der Waals surface area (Å²) in [7, 11) is 0. The third-order valence-corrected chi connectivity index (χ3v) is 7.02. The van der Waals surface area contributed by atoms with Gasteiger partial charge < -0.3 is 19.8 Å². The third kappa shape index (κ3) is 1.92. The number of phenols is 1. The number of carbonyl (C=O) groups is 1. The summed E-state index contributed by atoms with van der Waals surface area (Å²) in [6.07, 6.45) is 3.11. The van der Waals surface area contributed by atoms with Crippen molar-refractivity contribution in [1.29, 1.82) is 0 Å². The van der Waals surface area contributed by atoms with Gasteiger partial charge in [0.25, 0.3) is 0 Å². The molecule has 138 valence electrons. The quantitative estimate of drug-likeness (QED) is 0.853. The van der Waals surface area contributed by atoms with Crippen LogP contribution in [0.3, 0.4) is 0 Å². The van der Waals surface area contributed by atoms with Crippen LogP contribution in [-0.4, -0.2) is 45.7 Å². The number of carbonyl (C=O) groups excluding carboxylic acids is 1. The summed E-state index contributed by atoms with van der Waals surface area (Å²) < 4.78 is 6.02. The maximum atomic E-state index is 12.8. The summed E-state index contributed by atoms with van der Waals surface area (Å²) in [5.74, 6) is 1.12. The topological polar surface area (TPSA) is 70.0 Å². The van der Waals surface area contributed by atoms with E-state index < -0.39 is 17.1 Å². The number of aromatic hydroxyl groups is 1. The van der Waals surface area contributed by atoms with Crippen LogP contribution in [0.25, 0.3) is 5.70 Å². The van der Waals surface area contributed by atoms with Crippen LogP contribution in [0, 0.1) is 5.92 Å². The van der Waals surface area contributed by atoms with Gasteiger partial charge in [-0.1, -0.05) is 6.58 Å². The van der Waals surface area contributed by atoms with Gasteiger partial charge in [-0.2, -0.15) is 0 Å². The van der Waals surface area contributed by atoms with E-state index in [1.807, 2.05) is 13.0 Å². The lowest BCUT2D eigenvalue weighted by atomic mass is 9.57. The zero-order valence-corrected chi connectivity index (χ0v) is 15.1. The van der Waals surface area contributed by atoms with E-state index in [1.165, 1.54) is 12.8 Å². The lowest BCUT2D eigenvalue weighted by Crippen LogP contribution is -2.62. The molecule has 0 aromatic heterocycles. The van der Waals surface area contributed by atoms with E-state index in [0.717, 1.165) is 29.9 Å². The molecule has 1 aromatic carbocycles. The number of hydrogen-bond acceptors (Lipinski definition) is 5. The Labute approximate surface area is 153 Å². The molecule has 2 heterocycles. The molecule has 1 spiro atoms. The van der Waals surface area contributed by atoms with Crippen LogP contribution in [0.2, 0.25) is 0 Å². The van der Waals surface area contributed by atoms with Gasteiger partial charge in [-0.15, -0.1) is 0 Å². The molecule has 3 atom stereocenters. The van der Waals surface area contributed by atoms with Crippen LogP contribution < -0.4 is 4.74 Å². The van der Waals surface area contributed by atoms with Crippen LogP contribution in [0.15, 0.2) is 18.7 Å². The Morgan fingerprint density at radius 3 is 2.85 bits per heavy atom. The van der Waals surface area contributed by atoms with Gasteiger partial charge in [0, 0.05) is 36.3 Å². The molecule has 0 unspecified atom stereocenters. The molecule has 0 radical (unpaired) electrons. The van der Waals surface area contributed by atoms with Crippen molar-refractivity contribution in [3.63, 3.8) is 0 Å². The molecule has 2 saturated carbocycles. The molecule has 0 saturated heterocycles. The van der Waals surface area contributed by atoms with Crippen molar-refractivity contribution >= 4 is 11.5 Å². The number of ether oxygens (including phenoxy) is 1. The minimum Gasteiger partial charge on any atom is -0.504 e. The Morgan fingerprint density at radius 2 is 2.12 bits per heavy atom. The monoisotopic (exact) mass is 355 g/mol. The van der Waals surface area contributed by atoms with E-state index in [0.29, 0.717) is 30.9 Å². The molecule has 0 amide bonds. The summed E-state index contributed by atoms with van der Waals surface area (Å²) in [6, 6.07) is 3.48. The van der Waals surface area contributed by atoms with Crippen molar-refractivity contribution in [3.8, 4) is 11.5 Å². The summed E-state index contributed by atoms with van der Waals surface area (Å²) in [5, 5.41) is 21.9. The van der Waals surface area contributed by atoms with Gasteiger partial charge in [-0.05, 0) is 50.7 Å². The van der Waals surface area contributed by atoms with E-state index >= 15 is 0 Å². The number of phenolic OH excluding ortho intramolecular Hbond substituents is 1. The fourth-order valence-corrected chi connectivity index (χ4v) is 5.29. The van der Waals surface area contributed by atoms with E-state index in [-0.39, 0.29) is 11.5 Å². The van der Waals surface area contributed by atoms with Gasteiger partial charge in [0.05, 0.1) is 11.0 Å². The molecule has 5 nitrogen and oxygen atoms in total.